The summed E-state index contributed by atoms with van der Waals surface area (Å²) in [6.07, 6.45) is 1.37. The molecule has 1 aliphatic rings. The molecule has 0 saturated heterocycles. The van der Waals surface area contributed by atoms with E-state index in [2.05, 4.69) is 23.0 Å². The number of thiazole rings is 1. The maximum absolute atomic E-state index is 12.1. The lowest BCUT2D eigenvalue weighted by molar-refractivity contribution is -0.118. The van der Waals surface area contributed by atoms with Crippen LogP contribution in [0, 0.1) is 0 Å². The molecule has 0 aliphatic carbocycles. The lowest BCUT2D eigenvalue weighted by atomic mass is 10.1. The van der Waals surface area contributed by atoms with Gasteiger partial charge < -0.3 is 16.4 Å². The third-order valence-corrected chi connectivity index (χ3v) is 4.61. The predicted octanol–water partition coefficient (Wildman–Crippen LogP) is 2.40. The molecule has 120 valence electrons. The number of carbonyl (C=O) groups excluding carboxylic acids is 1. The molecule has 0 spiro atoms. The molecule has 2 heterocycles. The molecule has 0 radical (unpaired) electrons. The van der Waals surface area contributed by atoms with Crippen LogP contribution < -0.4 is 16.4 Å². The van der Waals surface area contributed by atoms with E-state index in [4.69, 9.17) is 11.5 Å². The van der Waals surface area contributed by atoms with E-state index in [0.29, 0.717) is 11.6 Å². The molecular weight excluding hydrogens is 310 g/mol. The molecule has 0 saturated carbocycles. The number of carbonyl (C=O) groups is 1. The van der Waals surface area contributed by atoms with Crippen LogP contribution in [0.4, 0.5) is 10.8 Å². The van der Waals surface area contributed by atoms with E-state index in [1.807, 2.05) is 29.3 Å². The molecule has 0 unspecified atom stereocenters. The second-order valence-corrected chi connectivity index (χ2v) is 6.40. The molecule has 1 amide bonds. The van der Waals surface area contributed by atoms with Crippen LogP contribution in [0.3, 0.4) is 0 Å². The molecule has 4 N–H and O–H groups in total. The van der Waals surface area contributed by atoms with Gasteiger partial charge >= 0.3 is 0 Å². The number of rotatable bonds is 3. The Bertz CT molecular complexity index is 779. The van der Waals surface area contributed by atoms with Crippen molar-refractivity contribution in [1.29, 1.82) is 0 Å². The molecule has 7 heteroatoms. The predicted molar refractivity (Wildman–Crippen MR) is 94.0 cm³/mol. The Kier molecular flexibility index (Phi) is 4.04. The number of hydrogen-bond acceptors (Lipinski definition) is 4. The summed E-state index contributed by atoms with van der Waals surface area (Å²) in [5.74, 6) is 0.162. The number of anilines is 1. The highest BCUT2D eigenvalue weighted by atomic mass is 32.1. The summed E-state index contributed by atoms with van der Waals surface area (Å²) in [6.45, 7) is 3.97. The van der Waals surface area contributed by atoms with Crippen molar-refractivity contribution in [3.8, 4) is 11.3 Å². The molecule has 3 rings (SSSR count). The number of amides is 1. The van der Waals surface area contributed by atoms with Crippen LogP contribution in [0.1, 0.15) is 25.8 Å². The summed E-state index contributed by atoms with van der Waals surface area (Å²) in [4.78, 5) is 22.4. The molecular formula is C16H19N5OS. The van der Waals surface area contributed by atoms with E-state index < -0.39 is 0 Å². The van der Waals surface area contributed by atoms with Crippen molar-refractivity contribution in [2.75, 3.05) is 4.90 Å². The van der Waals surface area contributed by atoms with Gasteiger partial charge in [0, 0.05) is 29.1 Å². The fourth-order valence-corrected chi connectivity index (χ4v) is 3.61. The van der Waals surface area contributed by atoms with Gasteiger partial charge in [0.25, 0.3) is 0 Å². The Morgan fingerprint density at radius 1 is 1.48 bits per heavy atom. The van der Waals surface area contributed by atoms with Crippen molar-refractivity contribution >= 4 is 34.0 Å². The van der Waals surface area contributed by atoms with E-state index >= 15 is 0 Å². The van der Waals surface area contributed by atoms with Crippen LogP contribution in [0.15, 0.2) is 28.6 Å². The Labute approximate surface area is 138 Å². The van der Waals surface area contributed by atoms with E-state index in [0.717, 1.165) is 23.4 Å². The zero-order chi connectivity index (χ0) is 16.6. The van der Waals surface area contributed by atoms with Gasteiger partial charge in [-0.15, -0.1) is 11.3 Å². The summed E-state index contributed by atoms with van der Waals surface area (Å²) in [5, 5.41) is 2.47. The minimum atomic E-state index is 0.00222. The highest BCUT2D eigenvalue weighted by molar-refractivity contribution is 7.13. The number of benzene rings is 1. The minimum absolute atomic E-state index is 0.00222. The highest BCUT2D eigenvalue weighted by Gasteiger charge is 2.30. The zero-order valence-corrected chi connectivity index (χ0v) is 13.9. The normalized spacial score (nSPS) is 16.3. The Morgan fingerprint density at radius 2 is 2.26 bits per heavy atom. The third kappa shape index (κ3) is 2.92. The fraction of sp³-hybridized carbons (Fsp3) is 0.312. The Balaban J connectivity index is 1.94. The topological polar surface area (TPSA) is 97.6 Å². The smallest absolute Gasteiger partial charge is 0.226 e. The molecule has 1 aromatic carbocycles. The first kappa shape index (κ1) is 15.5. The van der Waals surface area contributed by atoms with Gasteiger partial charge in [0.05, 0.1) is 5.69 Å². The van der Waals surface area contributed by atoms with Gasteiger partial charge in [-0.25, -0.2) is 4.98 Å². The first-order valence-corrected chi connectivity index (χ1v) is 8.38. The summed E-state index contributed by atoms with van der Waals surface area (Å²) in [5.41, 5.74) is 14.8. The highest BCUT2D eigenvalue weighted by Crippen LogP contribution is 2.36. The molecule has 0 bridgehead atoms. The number of nitrogens with zero attached hydrogens (tertiary/aromatic N) is 3. The van der Waals surface area contributed by atoms with Crippen LogP contribution in [0.2, 0.25) is 0 Å². The second kappa shape index (κ2) is 6.00. The van der Waals surface area contributed by atoms with Crippen LogP contribution >= 0.6 is 11.3 Å². The van der Waals surface area contributed by atoms with Gasteiger partial charge in [0.2, 0.25) is 11.0 Å². The molecule has 1 atom stereocenters. The van der Waals surface area contributed by atoms with Crippen molar-refractivity contribution in [3.05, 3.63) is 29.1 Å². The average molecular weight is 329 g/mol. The van der Waals surface area contributed by atoms with Gasteiger partial charge in [0.1, 0.15) is 0 Å². The third-order valence-electron chi connectivity index (χ3n) is 3.88. The number of nitrogens with two attached hydrogens (primary N) is 2. The van der Waals surface area contributed by atoms with Crippen LogP contribution in [-0.4, -0.2) is 22.9 Å². The van der Waals surface area contributed by atoms with Crippen LogP contribution in [0.25, 0.3) is 11.3 Å². The first-order valence-electron chi connectivity index (χ1n) is 7.50. The number of fused-ring (bicyclic) bond motifs is 1. The van der Waals surface area contributed by atoms with E-state index in [1.165, 1.54) is 16.9 Å². The van der Waals surface area contributed by atoms with Gasteiger partial charge in [0.15, 0.2) is 5.96 Å². The molecule has 6 nitrogen and oxygen atoms in total. The van der Waals surface area contributed by atoms with Crippen LogP contribution in [0.5, 0.6) is 0 Å². The SMILES string of the molecule is CCC(=O)N1c2ccc(-c3csc(N=C(N)N)n3)cc2C[C@H]1C. The van der Waals surface area contributed by atoms with Gasteiger partial charge in [-0.1, -0.05) is 13.0 Å². The summed E-state index contributed by atoms with van der Waals surface area (Å²) < 4.78 is 0. The van der Waals surface area contributed by atoms with Crippen molar-refractivity contribution in [1.82, 2.24) is 4.98 Å². The van der Waals surface area contributed by atoms with Gasteiger partial charge in [-0.3, -0.25) is 4.79 Å². The minimum Gasteiger partial charge on any atom is -0.370 e. The van der Waals surface area contributed by atoms with Crippen molar-refractivity contribution in [2.45, 2.75) is 32.7 Å². The number of aliphatic imine (C=N–C) groups is 1. The lowest BCUT2D eigenvalue weighted by Gasteiger charge is -2.22. The standard InChI is InChI=1S/C16H19N5OS/c1-3-14(22)21-9(2)6-11-7-10(4-5-13(11)21)12-8-23-16(19-12)20-15(17)18/h4-5,7-9H,3,6H2,1-2H3,(H4,17,18,19,20)/t9-/m1/s1. The van der Waals surface area contributed by atoms with Gasteiger partial charge in [-0.05, 0) is 31.0 Å². The molecule has 0 fully saturated rings. The summed E-state index contributed by atoms with van der Waals surface area (Å²) in [7, 11) is 0. The first-order chi connectivity index (χ1) is 11.0. The molecule has 1 aromatic heterocycles. The largest absolute Gasteiger partial charge is 0.370 e. The van der Waals surface area contributed by atoms with Crippen molar-refractivity contribution < 1.29 is 4.79 Å². The van der Waals surface area contributed by atoms with Crippen LogP contribution in [-0.2, 0) is 11.2 Å². The van der Waals surface area contributed by atoms with Crippen molar-refractivity contribution in [3.63, 3.8) is 0 Å². The van der Waals surface area contributed by atoms with E-state index in [9.17, 15) is 4.79 Å². The fourth-order valence-electron chi connectivity index (χ4n) is 2.90. The molecule has 23 heavy (non-hydrogen) atoms. The van der Waals surface area contributed by atoms with E-state index in [1.54, 1.807) is 0 Å². The molecule has 2 aromatic rings. The Morgan fingerprint density at radius 3 is 2.96 bits per heavy atom. The Hall–Kier alpha value is -2.41. The van der Waals surface area contributed by atoms with Crippen molar-refractivity contribution in [2.24, 2.45) is 16.5 Å². The lowest BCUT2D eigenvalue weighted by Crippen LogP contribution is -2.35. The van der Waals surface area contributed by atoms with Gasteiger partial charge in [-0.2, -0.15) is 4.99 Å². The number of hydrogen-bond donors (Lipinski definition) is 2. The zero-order valence-electron chi connectivity index (χ0n) is 13.1. The van der Waals surface area contributed by atoms with E-state index in [-0.39, 0.29) is 17.9 Å². The second-order valence-electron chi connectivity index (χ2n) is 5.57. The number of aromatic nitrogens is 1. The monoisotopic (exact) mass is 329 g/mol. The molecule has 1 aliphatic heterocycles. The maximum Gasteiger partial charge on any atom is 0.226 e. The summed E-state index contributed by atoms with van der Waals surface area (Å²) >= 11 is 1.39. The summed E-state index contributed by atoms with van der Waals surface area (Å²) in [6, 6.07) is 6.28. The number of guanidine groups is 1. The maximum atomic E-state index is 12.1. The quantitative estimate of drug-likeness (QED) is 0.667. The average Bonchev–Trinajstić information content (AvgIpc) is 3.08.